The lowest BCUT2D eigenvalue weighted by Gasteiger charge is -2.35. The van der Waals surface area contributed by atoms with Gasteiger partial charge in [0.05, 0.1) is 6.54 Å². The van der Waals surface area contributed by atoms with Gasteiger partial charge in [0.25, 0.3) is 11.5 Å². The standard InChI is InChI=1S/C26H36N4O4/c1-20-8-5-9-21(18-20)19-30-13-6-10-22(24(30)32)23(31)27-11-7-12-28-14-16-29(17-15-28)25(33)34-26(2,3)4/h5-6,8-10,13,18H,7,11-12,14-17,19H2,1-4H3,(H,27,31). The van der Waals surface area contributed by atoms with Crippen molar-refractivity contribution in [2.45, 2.75) is 46.3 Å². The number of ether oxygens (including phenoxy) is 1. The number of rotatable bonds is 7. The normalized spacial score (nSPS) is 14.6. The highest BCUT2D eigenvalue weighted by Gasteiger charge is 2.25. The van der Waals surface area contributed by atoms with Crippen LogP contribution >= 0.6 is 0 Å². The molecule has 0 spiro atoms. The first kappa shape index (κ1) is 25.5. The maximum atomic E-state index is 12.8. The van der Waals surface area contributed by atoms with E-state index < -0.39 is 5.60 Å². The lowest BCUT2D eigenvalue weighted by molar-refractivity contribution is 0.0144. The summed E-state index contributed by atoms with van der Waals surface area (Å²) < 4.78 is 6.99. The molecule has 2 amide bonds. The quantitative estimate of drug-likeness (QED) is 0.632. The Morgan fingerprint density at radius 2 is 1.79 bits per heavy atom. The molecule has 0 aliphatic carbocycles. The Balaban J connectivity index is 1.43. The first-order chi connectivity index (χ1) is 16.1. The zero-order valence-electron chi connectivity index (χ0n) is 20.7. The van der Waals surface area contributed by atoms with Gasteiger partial charge in [-0.05, 0) is 58.4 Å². The van der Waals surface area contributed by atoms with E-state index in [9.17, 15) is 14.4 Å². The van der Waals surface area contributed by atoms with E-state index in [1.54, 1.807) is 27.8 Å². The molecule has 0 radical (unpaired) electrons. The van der Waals surface area contributed by atoms with Gasteiger partial charge in [-0.15, -0.1) is 0 Å². The van der Waals surface area contributed by atoms with Crippen LogP contribution in [0.1, 0.15) is 48.7 Å². The number of carbonyl (C=O) groups is 2. The number of pyridine rings is 1. The van der Waals surface area contributed by atoms with E-state index in [0.29, 0.717) is 26.2 Å². The van der Waals surface area contributed by atoms with Crippen molar-refractivity contribution in [1.82, 2.24) is 19.7 Å². The predicted molar refractivity (Wildman–Crippen MR) is 132 cm³/mol. The molecule has 0 saturated carbocycles. The maximum absolute atomic E-state index is 12.8. The molecule has 8 heteroatoms. The Bertz CT molecular complexity index is 1050. The van der Waals surface area contributed by atoms with Gasteiger partial charge in [-0.3, -0.25) is 14.5 Å². The molecule has 8 nitrogen and oxygen atoms in total. The van der Waals surface area contributed by atoms with E-state index >= 15 is 0 Å². The van der Waals surface area contributed by atoms with Crippen LogP contribution < -0.4 is 10.9 Å². The second kappa shape index (κ2) is 11.3. The van der Waals surface area contributed by atoms with E-state index in [2.05, 4.69) is 10.2 Å². The second-order valence-electron chi connectivity index (χ2n) is 9.76. The van der Waals surface area contributed by atoms with Gasteiger partial charge in [-0.25, -0.2) is 4.79 Å². The van der Waals surface area contributed by atoms with Crippen LogP contribution in [0.2, 0.25) is 0 Å². The summed E-state index contributed by atoms with van der Waals surface area (Å²) in [4.78, 5) is 41.6. The van der Waals surface area contributed by atoms with Gasteiger partial charge in [0.2, 0.25) is 0 Å². The third kappa shape index (κ3) is 7.45. The summed E-state index contributed by atoms with van der Waals surface area (Å²) in [6.45, 7) is 12.1. The Morgan fingerprint density at radius 3 is 2.47 bits per heavy atom. The van der Waals surface area contributed by atoms with Crippen molar-refractivity contribution in [3.63, 3.8) is 0 Å². The molecule has 2 aromatic rings. The topological polar surface area (TPSA) is 83.9 Å². The number of aromatic nitrogens is 1. The minimum absolute atomic E-state index is 0.154. The Labute approximate surface area is 201 Å². The predicted octanol–water partition coefficient (Wildman–Crippen LogP) is 2.88. The van der Waals surface area contributed by atoms with E-state index in [4.69, 9.17) is 4.74 Å². The van der Waals surface area contributed by atoms with E-state index in [-0.39, 0.29) is 23.1 Å². The van der Waals surface area contributed by atoms with Crippen LogP contribution in [0.3, 0.4) is 0 Å². The number of amides is 2. The summed E-state index contributed by atoms with van der Waals surface area (Å²) in [6, 6.07) is 11.3. The van der Waals surface area contributed by atoms with Crippen molar-refractivity contribution in [3.05, 3.63) is 69.6 Å². The molecule has 1 aliphatic rings. The SMILES string of the molecule is Cc1cccc(Cn2cccc(C(=O)NCCCN3CCN(C(=O)OC(C)(C)C)CC3)c2=O)c1. The first-order valence-electron chi connectivity index (χ1n) is 11.9. The summed E-state index contributed by atoms with van der Waals surface area (Å²) in [7, 11) is 0. The fourth-order valence-electron chi connectivity index (χ4n) is 3.92. The molecule has 2 heterocycles. The molecule has 1 saturated heterocycles. The van der Waals surface area contributed by atoms with Gasteiger partial charge in [-0.1, -0.05) is 29.8 Å². The Morgan fingerprint density at radius 1 is 1.06 bits per heavy atom. The van der Waals surface area contributed by atoms with Crippen LogP contribution in [-0.4, -0.2) is 71.2 Å². The highest BCUT2D eigenvalue weighted by atomic mass is 16.6. The molecule has 34 heavy (non-hydrogen) atoms. The summed E-state index contributed by atoms with van der Waals surface area (Å²) in [5.74, 6) is -0.349. The number of carbonyl (C=O) groups excluding carboxylic acids is 2. The third-order valence-electron chi connectivity index (χ3n) is 5.66. The number of hydrogen-bond acceptors (Lipinski definition) is 5. The van der Waals surface area contributed by atoms with Gasteiger partial charge in [0.15, 0.2) is 0 Å². The Kier molecular flexibility index (Phi) is 8.50. The fourth-order valence-corrected chi connectivity index (χ4v) is 3.92. The smallest absolute Gasteiger partial charge is 0.410 e. The summed E-state index contributed by atoms with van der Waals surface area (Å²) >= 11 is 0. The Hall–Kier alpha value is -3.13. The van der Waals surface area contributed by atoms with E-state index in [1.807, 2.05) is 52.0 Å². The van der Waals surface area contributed by atoms with E-state index in [1.165, 1.54) is 0 Å². The molecule has 1 aromatic heterocycles. The highest BCUT2D eigenvalue weighted by molar-refractivity contribution is 5.93. The van der Waals surface area contributed by atoms with Crippen LogP contribution in [-0.2, 0) is 11.3 Å². The molecule has 0 atom stereocenters. The molecule has 1 aromatic carbocycles. The minimum atomic E-state index is -0.491. The van der Waals surface area contributed by atoms with Gasteiger partial charge >= 0.3 is 6.09 Å². The first-order valence-corrected chi connectivity index (χ1v) is 11.9. The van der Waals surface area contributed by atoms with Crippen molar-refractivity contribution in [1.29, 1.82) is 0 Å². The lowest BCUT2D eigenvalue weighted by atomic mass is 10.1. The van der Waals surface area contributed by atoms with Crippen molar-refractivity contribution in [3.8, 4) is 0 Å². The summed E-state index contributed by atoms with van der Waals surface area (Å²) in [6.07, 6.45) is 2.20. The second-order valence-corrected chi connectivity index (χ2v) is 9.76. The molecule has 184 valence electrons. The zero-order valence-corrected chi connectivity index (χ0v) is 20.7. The van der Waals surface area contributed by atoms with Crippen molar-refractivity contribution in [2.75, 3.05) is 39.3 Å². The highest BCUT2D eigenvalue weighted by Crippen LogP contribution is 2.12. The van der Waals surface area contributed by atoms with Gasteiger partial charge in [0.1, 0.15) is 11.2 Å². The average molecular weight is 469 g/mol. The molecule has 1 N–H and O–H groups in total. The molecule has 0 unspecified atom stereocenters. The molecular weight excluding hydrogens is 432 g/mol. The van der Waals surface area contributed by atoms with Gasteiger partial charge in [-0.2, -0.15) is 0 Å². The molecular formula is C26H36N4O4. The van der Waals surface area contributed by atoms with Crippen LogP contribution in [0.4, 0.5) is 4.79 Å². The summed E-state index contributed by atoms with van der Waals surface area (Å²) in [5, 5.41) is 2.87. The summed E-state index contributed by atoms with van der Waals surface area (Å²) in [5.41, 5.74) is 1.52. The third-order valence-corrected chi connectivity index (χ3v) is 5.66. The molecule has 0 bridgehead atoms. The average Bonchev–Trinajstić information content (AvgIpc) is 2.77. The van der Waals surface area contributed by atoms with Crippen molar-refractivity contribution < 1.29 is 14.3 Å². The lowest BCUT2D eigenvalue weighted by Crippen LogP contribution is -2.50. The number of hydrogen-bond donors (Lipinski definition) is 1. The zero-order chi connectivity index (χ0) is 24.7. The van der Waals surface area contributed by atoms with E-state index in [0.717, 1.165) is 37.2 Å². The minimum Gasteiger partial charge on any atom is -0.444 e. The number of nitrogens with zero attached hydrogens (tertiary/aromatic N) is 3. The van der Waals surface area contributed by atoms with Crippen LogP contribution in [0.5, 0.6) is 0 Å². The number of benzene rings is 1. The molecule has 1 fully saturated rings. The monoisotopic (exact) mass is 468 g/mol. The number of piperazine rings is 1. The van der Waals surface area contributed by atoms with Crippen LogP contribution in [0.15, 0.2) is 47.4 Å². The van der Waals surface area contributed by atoms with Crippen LogP contribution in [0.25, 0.3) is 0 Å². The number of nitrogens with one attached hydrogen (secondary N) is 1. The number of aryl methyl sites for hydroxylation is 1. The molecule has 3 rings (SSSR count). The fraction of sp³-hybridized carbons (Fsp3) is 0.500. The maximum Gasteiger partial charge on any atom is 0.410 e. The van der Waals surface area contributed by atoms with Gasteiger partial charge < -0.3 is 19.5 Å². The van der Waals surface area contributed by atoms with Gasteiger partial charge in [0, 0.05) is 38.9 Å². The van der Waals surface area contributed by atoms with Crippen molar-refractivity contribution in [2.24, 2.45) is 0 Å². The van der Waals surface area contributed by atoms with Crippen molar-refractivity contribution >= 4 is 12.0 Å². The molecule has 1 aliphatic heterocycles. The largest absolute Gasteiger partial charge is 0.444 e. The van der Waals surface area contributed by atoms with Crippen LogP contribution in [0, 0.1) is 6.92 Å².